The molecule has 3 rings (SSSR count). The molecule has 0 aliphatic carbocycles. The third-order valence-electron chi connectivity index (χ3n) is 4.05. The van der Waals surface area contributed by atoms with Crippen molar-refractivity contribution in [3.8, 4) is 11.3 Å². The lowest BCUT2D eigenvalue weighted by molar-refractivity contribution is 0.0697. The number of hydrogen-bond donors (Lipinski definition) is 2. The Morgan fingerprint density at radius 3 is 2.59 bits per heavy atom. The van der Waals surface area contributed by atoms with Gasteiger partial charge in [-0.15, -0.1) is 12.4 Å². The Morgan fingerprint density at radius 2 is 1.91 bits per heavy atom. The summed E-state index contributed by atoms with van der Waals surface area (Å²) in [7, 11) is 1.88. The quantitative estimate of drug-likeness (QED) is 0.912. The van der Waals surface area contributed by atoms with Crippen molar-refractivity contribution in [1.82, 2.24) is 20.4 Å². The maximum absolute atomic E-state index is 12.5. The highest BCUT2D eigenvalue weighted by molar-refractivity contribution is 5.93. The van der Waals surface area contributed by atoms with Gasteiger partial charge in [-0.3, -0.25) is 9.89 Å². The molecule has 2 aromatic rings. The molecule has 0 bridgehead atoms. The molecule has 0 radical (unpaired) electrons. The fourth-order valence-corrected chi connectivity index (χ4v) is 2.74. The second-order valence-corrected chi connectivity index (χ2v) is 5.43. The van der Waals surface area contributed by atoms with Gasteiger partial charge in [0.25, 0.3) is 5.91 Å². The highest BCUT2D eigenvalue weighted by atomic mass is 35.5. The van der Waals surface area contributed by atoms with Gasteiger partial charge in [0, 0.05) is 18.7 Å². The van der Waals surface area contributed by atoms with Crippen LogP contribution in [0.5, 0.6) is 0 Å². The number of carbonyl (C=O) groups excluding carboxylic acids is 1. The Labute approximate surface area is 136 Å². The molecule has 6 heteroatoms. The molecule has 118 valence electrons. The van der Waals surface area contributed by atoms with Crippen LogP contribution in [0.4, 0.5) is 0 Å². The molecule has 1 aliphatic heterocycles. The summed E-state index contributed by atoms with van der Waals surface area (Å²) in [6.07, 6.45) is 2.00. The first-order valence-corrected chi connectivity index (χ1v) is 7.34. The summed E-state index contributed by atoms with van der Waals surface area (Å²) in [5, 5.41) is 10.4. The van der Waals surface area contributed by atoms with Gasteiger partial charge in [-0.2, -0.15) is 5.10 Å². The lowest BCUT2D eigenvalue weighted by atomic mass is 10.0. The van der Waals surface area contributed by atoms with Crippen molar-refractivity contribution in [3.63, 3.8) is 0 Å². The van der Waals surface area contributed by atoms with Crippen LogP contribution >= 0.6 is 12.4 Å². The van der Waals surface area contributed by atoms with Gasteiger partial charge < -0.3 is 10.2 Å². The van der Waals surface area contributed by atoms with Gasteiger partial charge in [0.1, 0.15) is 5.69 Å². The molecule has 0 atom stereocenters. The molecule has 0 saturated carbocycles. The number of aromatic nitrogens is 2. The third-order valence-corrected chi connectivity index (χ3v) is 4.05. The number of halogens is 1. The number of amides is 1. The van der Waals surface area contributed by atoms with Gasteiger partial charge in [-0.1, -0.05) is 30.3 Å². The van der Waals surface area contributed by atoms with E-state index in [4.69, 9.17) is 0 Å². The molecular formula is C16H21ClN4O. The monoisotopic (exact) mass is 320 g/mol. The Morgan fingerprint density at radius 1 is 1.23 bits per heavy atom. The summed E-state index contributed by atoms with van der Waals surface area (Å²) in [6.45, 7) is 1.95. The maximum Gasteiger partial charge on any atom is 0.271 e. The van der Waals surface area contributed by atoms with Gasteiger partial charge in [-0.25, -0.2) is 0 Å². The van der Waals surface area contributed by atoms with Crippen LogP contribution in [-0.2, 0) is 0 Å². The number of aromatic amines is 1. The van der Waals surface area contributed by atoms with Crippen molar-refractivity contribution in [2.75, 3.05) is 20.1 Å². The van der Waals surface area contributed by atoms with Gasteiger partial charge in [-0.05, 0) is 32.0 Å². The van der Waals surface area contributed by atoms with E-state index in [0.29, 0.717) is 11.7 Å². The number of rotatable bonds is 3. The van der Waals surface area contributed by atoms with E-state index in [9.17, 15) is 4.79 Å². The van der Waals surface area contributed by atoms with Crippen LogP contribution in [-0.4, -0.2) is 47.2 Å². The third kappa shape index (κ3) is 3.48. The van der Waals surface area contributed by atoms with E-state index < -0.39 is 0 Å². The molecule has 2 N–H and O–H groups in total. The number of nitrogens with one attached hydrogen (secondary N) is 2. The first kappa shape index (κ1) is 16.5. The summed E-state index contributed by atoms with van der Waals surface area (Å²) in [6, 6.07) is 12.0. The molecule has 1 aliphatic rings. The Kier molecular flexibility index (Phi) is 5.57. The first-order chi connectivity index (χ1) is 10.3. The van der Waals surface area contributed by atoms with E-state index in [0.717, 1.165) is 37.2 Å². The van der Waals surface area contributed by atoms with E-state index in [-0.39, 0.29) is 18.3 Å². The number of nitrogens with zero attached hydrogens (tertiary/aromatic N) is 2. The van der Waals surface area contributed by atoms with Crippen LogP contribution in [0.2, 0.25) is 0 Å². The smallest absolute Gasteiger partial charge is 0.271 e. The minimum Gasteiger partial charge on any atom is -0.337 e. The standard InChI is InChI=1S/C16H20N4O.ClH/c1-20(13-7-9-17-10-8-13)16(21)15-11-14(18-19-15)12-5-3-2-4-6-12;/h2-6,11,13,17H,7-10H2,1H3,(H,18,19);1H. The maximum atomic E-state index is 12.5. The van der Waals surface area contributed by atoms with Gasteiger partial charge in [0.05, 0.1) is 5.69 Å². The lowest BCUT2D eigenvalue weighted by Gasteiger charge is -2.31. The Balaban J connectivity index is 0.00000176. The summed E-state index contributed by atoms with van der Waals surface area (Å²) in [5.74, 6) is 0.0107. The molecule has 1 aromatic carbocycles. The minimum absolute atomic E-state index is 0. The van der Waals surface area contributed by atoms with Crippen molar-refractivity contribution in [3.05, 3.63) is 42.1 Å². The summed E-state index contributed by atoms with van der Waals surface area (Å²) in [5.41, 5.74) is 2.37. The van der Waals surface area contributed by atoms with Crippen molar-refractivity contribution in [2.24, 2.45) is 0 Å². The van der Waals surface area contributed by atoms with Gasteiger partial charge >= 0.3 is 0 Å². The second kappa shape index (κ2) is 7.42. The molecule has 0 spiro atoms. The molecule has 0 unspecified atom stereocenters. The predicted molar refractivity (Wildman–Crippen MR) is 89.3 cm³/mol. The predicted octanol–water partition coefficient (Wildman–Crippen LogP) is 2.32. The van der Waals surface area contributed by atoms with Crippen LogP contribution < -0.4 is 5.32 Å². The number of benzene rings is 1. The Hall–Kier alpha value is -1.85. The van der Waals surface area contributed by atoms with Crippen LogP contribution in [0, 0.1) is 0 Å². The zero-order valence-corrected chi connectivity index (χ0v) is 13.4. The number of hydrogen-bond acceptors (Lipinski definition) is 3. The average molecular weight is 321 g/mol. The van der Waals surface area contributed by atoms with Crippen LogP contribution in [0.25, 0.3) is 11.3 Å². The zero-order valence-electron chi connectivity index (χ0n) is 12.6. The SMILES string of the molecule is CN(C(=O)c1cc(-c2ccccc2)n[nH]1)C1CCNCC1.Cl. The molecular weight excluding hydrogens is 300 g/mol. The minimum atomic E-state index is 0. The van der Waals surface area contributed by atoms with E-state index in [2.05, 4.69) is 15.5 Å². The molecule has 1 fully saturated rings. The van der Waals surface area contributed by atoms with Crippen molar-refractivity contribution >= 4 is 18.3 Å². The van der Waals surface area contributed by atoms with Crippen LogP contribution in [0.3, 0.4) is 0 Å². The van der Waals surface area contributed by atoms with Crippen LogP contribution in [0.15, 0.2) is 36.4 Å². The molecule has 2 heterocycles. The molecule has 1 saturated heterocycles. The van der Waals surface area contributed by atoms with E-state index in [1.807, 2.05) is 48.3 Å². The molecule has 1 amide bonds. The fourth-order valence-electron chi connectivity index (χ4n) is 2.74. The highest BCUT2D eigenvalue weighted by Gasteiger charge is 2.24. The highest BCUT2D eigenvalue weighted by Crippen LogP contribution is 2.19. The van der Waals surface area contributed by atoms with Gasteiger partial charge in [0.15, 0.2) is 0 Å². The Bertz CT molecular complexity index is 608. The molecule has 1 aromatic heterocycles. The lowest BCUT2D eigenvalue weighted by Crippen LogP contribution is -2.44. The van der Waals surface area contributed by atoms with Crippen molar-refractivity contribution in [1.29, 1.82) is 0 Å². The topological polar surface area (TPSA) is 61.0 Å². The normalized spacial score (nSPS) is 15.1. The average Bonchev–Trinajstić information content (AvgIpc) is 3.05. The largest absolute Gasteiger partial charge is 0.337 e. The zero-order chi connectivity index (χ0) is 14.7. The fraction of sp³-hybridized carbons (Fsp3) is 0.375. The number of carbonyl (C=O) groups is 1. The van der Waals surface area contributed by atoms with E-state index >= 15 is 0 Å². The summed E-state index contributed by atoms with van der Waals surface area (Å²) in [4.78, 5) is 14.4. The molecule has 22 heavy (non-hydrogen) atoms. The summed E-state index contributed by atoms with van der Waals surface area (Å²) < 4.78 is 0. The van der Waals surface area contributed by atoms with E-state index in [1.54, 1.807) is 0 Å². The van der Waals surface area contributed by atoms with Gasteiger partial charge in [0.2, 0.25) is 0 Å². The number of H-pyrrole nitrogens is 1. The van der Waals surface area contributed by atoms with Crippen molar-refractivity contribution in [2.45, 2.75) is 18.9 Å². The first-order valence-electron chi connectivity index (χ1n) is 7.34. The summed E-state index contributed by atoms with van der Waals surface area (Å²) >= 11 is 0. The van der Waals surface area contributed by atoms with Crippen molar-refractivity contribution < 1.29 is 4.79 Å². The molecule has 5 nitrogen and oxygen atoms in total. The van der Waals surface area contributed by atoms with E-state index in [1.165, 1.54) is 0 Å². The van der Waals surface area contributed by atoms with Crippen LogP contribution in [0.1, 0.15) is 23.3 Å². The number of piperidine rings is 1. The second-order valence-electron chi connectivity index (χ2n) is 5.43.